The summed E-state index contributed by atoms with van der Waals surface area (Å²) in [5.41, 5.74) is 7.81. The highest BCUT2D eigenvalue weighted by Crippen LogP contribution is 2.55. The number of hydrogen-bond acceptors (Lipinski definition) is 10. The maximum absolute atomic E-state index is 11.5. The molecule has 1 aromatic carbocycles. The van der Waals surface area contributed by atoms with Gasteiger partial charge in [0, 0.05) is 11.5 Å². The molecule has 3 fully saturated rings. The number of nitrogens with zero attached hydrogens (tertiary/aromatic N) is 4. The lowest BCUT2D eigenvalue weighted by Gasteiger charge is -2.58. The largest absolute Gasteiger partial charge is 0.508 e. The number of nitrogen functional groups attached to an aromatic ring is 1. The highest BCUT2D eigenvalue weighted by atomic mass is 16.6. The highest BCUT2D eigenvalue weighted by molar-refractivity contribution is 5.45. The molecule has 6 rings (SSSR count). The number of phenolic OH excluding ortho intramolecular Hbond substituents is 1. The van der Waals surface area contributed by atoms with Crippen molar-refractivity contribution in [2.75, 3.05) is 25.9 Å². The van der Waals surface area contributed by atoms with Crippen LogP contribution in [0.5, 0.6) is 5.75 Å². The highest BCUT2D eigenvalue weighted by Gasteiger charge is 2.53. The first-order chi connectivity index (χ1) is 17.2. The van der Waals surface area contributed by atoms with Crippen LogP contribution in [0.2, 0.25) is 0 Å². The zero-order valence-electron chi connectivity index (χ0n) is 20.4. The number of fused-ring (bicyclic) bond motifs is 1. The van der Waals surface area contributed by atoms with Crippen LogP contribution in [0.1, 0.15) is 49.5 Å². The summed E-state index contributed by atoms with van der Waals surface area (Å²) in [6.07, 6.45) is 4.25. The van der Waals surface area contributed by atoms with Gasteiger partial charge in [0.05, 0.1) is 6.61 Å². The van der Waals surface area contributed by atoms with Gasteiger partial charge in [-0.25, -0.2) is 9.78 Å². The van der Waals surface area contributed by atoms with E-state index in [4.69, 9.17) is 15.6 Å². The van der Waals surface area contributed by atoms with Gasteiger partial charge in [-0.05, 0) is 68.5 Å². The third kappa shape index (κ3) is 4.18. The minimum atomic E-state index is -1.35. The lowest BCUT2D eigenvalue weighted by atomic mass is 9.52. The molecular formula is C25H35N5O6. The summed E-state index contributed by atoms with van der Waals surface area (Å²) in [6, 6.07) is 6.85. The molecule has 6 N–H and O–H groups in total. The van der Waals surface area contributed by atoms with Crippen LogP contribution in [0.4, 0.5) is 5.95 Å². The number of benzene rings is 1. The van der Waals surface area contributed by atoms with Gasteiger partial charge in [0.2, 0.25) is 5.95 Å². The molecule has 0 unspecified atom stereocenters. The Hall–Kier alpha value is -2.57. The molecule has 2 saturated heterocycles. The zero-order chi connectivity index (χ0) is 25.6. The number of anilines is 1. The number of nitrogens with two attached hydrogens (primary N) is 1. The second-order valence-corrected chi connectivity index (χ2v) is 10.5. The number of piperidine rings is 1. The van der Waals surface area contributed by atoms with E-state index in [0.717, 1.165) is 22.9 Å². The Labute approximate surface area is 209 Å². The van der Waals surface area contributed by atoms with Crippen molar-refractivity contribution in [1.82, 2.24) is 19.4 Å². The molecule has 3 heterocycles. The summed E-state index contributed by atoms with van der Waals surface area (Å²) >= 11 is 0. The molecule has 11 nitrogen and oxygen atoms in total. The van der Waals surface area contributed by atoms with Gasteiger partial charge in [0.1, 0.15) is 30.4 Å². The van der Waals surface area contributed by atoms with E-state index in [0.29, 0.717) is 11.2 Å². The molecule has 0 radical (unpaired) electrons. The van der Waals surface area contributed by atoms with E-state index < -0.39 is 36.8 Å². The number of aromatic nitrogens is 3. The molecule has 0 spiro atoms. The molecule has 4 aliphatic rings. The van der Waals surface area contributed by atoms with E-state index in [2.05, 4.69) is 34.0 Å². The molecule has 11 heteroatoms. The quantitative estimate of drug-likeness (QED) is 0.375. The predicted molar refractivity (Wildman–Crippen MR) is 130 cm³/mol. The van der Waals surface area contributed by atoms with Gasteiger partial charge in [0.15, 0.2) is 6.23 Å². The SMILES string of the molecule is CN1CC[C@]23CCCC[C@H]2[C@H]1Cc1ccc(O)cc13.Nc1ncn([C@@H]2O[C@H](CO)[C@@H](O)[C@H]2O)c(=O)n1. The minimum Gasteiger partial charge on any atom is -0.508 e. The number of likely N-dealkylation sites (N-methyl/N-ethyl adjacent to an activating group) is 1. The van der Waals surface area contributed by atoms with Crippen molar-refractivity contribution in [3.63, 3.8) is 0 Å². The standard InChI is InChI=1S/C17H23NO.C8H12N4O5/c1-18-9-8-17-7-3-2-4-14(17)16(18)10-12-5-6-13(19)11-15(12)17;9-7-10-2-12(8(16)11-7)6-5(15)4(14)3(1-13)17-6/h5-6,11,14,16,19H,2-4,7-10H2,1H3;2-6,13-15H,1H2,(H2,9,11,16)/t14-,16+,17+;3-,4-,5-,6-/m01/s1. The number of rotatable bonds is 2. The van der Waals surface area contributed by atoms with Crippen molar-refractivity contribution in [3.05, 3.63) is 46.1 Å². The number of aliphatic hydroxyl groups excluding tert-OH is 3. The number of ether oxygens (including phenoxy) is 1. The van der Waals surface area contributed by atoms with Crippen LogP contribution in [0.3, 0.4) is 0 Å². The number of aliphatic hydroxyl groups is 3. The van der Waals surface area contributed by atoms with Gasteiger partial charge in [-0.15, -0.1) is 0 Å². The van der Waals surface area contributed by atoms with Gasteiger partial charge >= 0.3 is 5.69 Å². The summed E-state index contributed by atoms with van der Waals surface area (Å²) in [5, 5.41) is 38.0. The summed E-state index contributed by atoms with van der Waals surface area (Å²) < 4.78 is 6.04. The Kier molecular flexibility index (Phi) is 6.77. The van der Waals surface area contributed by atoms with Crippen molar-refractivity contribution < 1.29 is 25.2 Å². The predicted octanol–water partition coefficient (Wildman–Crippen LogP) is -0.0876. The van der Waals surface area contributed by atoms with Gasteiger partial charge in [-0.1, -0.05) is 18.9 Å². The minimum absolute atomic E-state index is 0.196. The maximum atomic E-state index is 11.5. The molecule has 1 saturated carbocycles. The average molecular weight is 502 g/mol. The number of aromatic hydroxyl groups is 1. The first kappa shape index (κ1) is 25.1. The normalized spacial score (nSPS) is 35.3. The van der Waals surface area contributed by atoms with Crippen LogP contribution in [0.15, 0.2) is 29.3 Å². The van der Waals surface area contributed by atoms with E-state index >= 15 is 0 Å². The van der Waals surface area contributed by atoms with E-state index in [9.17, 15) is 20.1 Å². The Morgan fingerprint density at radius 2 is 2.03 bits per heavy atom. The first-order valence-electron chi connectivity index (χ1n) is 12.6. The van der Waals surface area contributed by atoms with Crippen molar-refractivity contribution in [2.45, 2.75) is 74.5 Å². The van der Waals surface area contributed by atoms with E-state index in [1.807, 2.05) is 6.07 Å². The third-order valence-corrected chi connectivity index (χ3v) is 8.63. The third-order valence-electron chi connectivity index (χ3n) is 8.63. The van der Waals surface area contributed by atoms with Gasteiger partial charge < -0.3 is 35.8 Å². The molecular weight excluding hydrogens is 466 g/mol. The fourth-order valence-electron chi connectivity index (χ4n) is 6.82. The van der Waals surface area contributed by atoms with Crippen molar-refractivity contribution in [2.24, 2.45) is 5.92 Å². The summed E-state index contributed by atoms with van der Waals surface area (Å²) in [4.78, 5) is 21.0. The van der Waals surface area contributed by atoms with Crippen LogP contribution < -0.4 is 11.4 Å². The smallest absolute Gasteiger partial charge is 0.354 e. The Morgan fingerprint density at radius 3 is 2.75 bits per heavy atom. The maximum Gasteiger partial charge on any atom is 0.354 e. The molecule has 0 amide bonds. The monoisotopic (exact) mass is 501 g/mol. The van der Waals surface area contributed by atoms with Crippen LogP contribution in [-0.4, -0.2) is 84.4 Å². The molecule has 2 aliphatic carbocycles. The molecule has 36 heavy (non-hydrogen) atoms. The van der Waals surface area contributed by atoms with Gasteiger partial charge in [0.25, 0.3) is 0 Å². The zero-order valence-corrected chi connectivity index (χ0v) is 20.4. The Bertz CT molecular complexity index is 1160. The lowest BCUT2D eigenvalue weighted by Crippen LogP contribution is -2.59. The molecule has 7 atom stereocenters. The number of hydrogen-bond donors (Lipinski definition) is 5. The van der Waals surface area contributed by atoms with Crippen molar-refractivity contribution >= 4 is 5.95 Å². The van der Waals surface area contributed by atoms with E-state index in [-0.39, 0.29) is 5.95 Å². The van der Waals surface area contributed by atoms with Crippen LogP contribution in [-0.2, 0) is 16.6 Å². The first-order valence-corrected chi connectivity index (χ1v) is 12.6. The Morgan fingerprint density at radius 1 is 1.22 bits per heavy atom. The van der Waals surface area contributed by atoms with Crippen LogP contribution in [0.25, 0.3) is 0 Å². The molecule has 1 aromatic heterocycles. The summed E-state index contributed by atoms with van der Waals surface area (Å²) in [5.74, 6) is 1.07. The van der Waals surface area contributed by atoms with E-state index in [1.165, 1.54) is 56.2 Å². The number of phenols is 1. The fraction of sp³-hybridized carbons (Fsp3) is 0.640. The average Bonchev–Trinajstić information content (AvgIpc) is 3.15. The topological polar surface area (TPSA) is 167 Å². The van der Waals surface area contributed by atoms with Crippen molar-refractivity contribution in [3.8, 4) is 5.75 Å². The summed E-state index contributed by atoms with van der Waals surface area (Å²) in [7, 11) is 2.30. The molecule has 196 valence electrons. The second-order valence-electron chi connectivity index (χ2n) is 10.5. The van der Waals surface area contributed by atoms with Gasteiger partial charge in [-0.3, -0.25) is 4.57 Å². The summed E-state index contributed by atoms with van der Waals surface area (Å²) in [6.45, 7) is 0.746. The van der Waals surface area contributed by atoms with Crippen molar-refractivity contribution in [1.29, 1.82) is 0 Å². The molecule has 2 aromatic rings. The van der Waals surface area contributed by atoms with E-state index in [1.54, 1.807) is 0 Å². The molecule has 2 bridgehead atoms. The fourth-order valence-corrected chi connectivity index (χ4v) is 6.82. The van der Waals surface area contributed by atoms with Crippen LogP contribution >= 0.6 is 0 Å². The second kappa shape index (κ2) is 9.71. The van der Waals surface area contributed by atoms with Crippen LogP contribution in [0, 0.1) is 5.92 Å². The number of likely N-dealkylation sites (tertiary alicyclic amines) is 1. The Balaban J connectivity index is 0.000000149. The molecule has 2 aliphatic heterocycles. The lowest BCUT2D eigenvalue weighted by molar-refractivity contribution is -0.0554. The van der Waals surface area contributed by atoms with Gasteiger partial charge in [-0.2, -0.15) is 4.98 Å².